The van der Waals surface area contributed by atoms with E-state index >= 15 is 0 Å². The lowest BCUT2D eigenvalue weighted by molar-refractivity contribution is 0.307. The van der Waals surface area contributed by atoms with Crippen LogP contribution in [0.4, 0.5) is 0 Å². The lowest BCUT2D eigenvalue weighted by Gasteiger charge is -2.08. The van der Waals surface area contributed by atoms with Crippen molar-refractivity contribution in [2.45, 2.75) is 6.61 Å². The van der Waals surface area contributed by atoms with Crippen LogP contribution in [0.5, 0.6) is 5.75 Å². The van der Waals surface area contributed by atoms with Gasteiger partial charge in [0.15, 0.2) is 0 Å². The van der Waals surface area contributed by atoms with E-state index in [0.29, 0.717) is 16.7 Å². The van der Waals surface area contributed by atoms with Crippen LogP contribution in [-0.2, 0) is 6.61 Å². The third kappa shape index (κ3) is 2.55. The molecule has 0 fully saturated rings. The van der Waals surface area contributed by atoms with Crippen LogP contribution in [0.1, 0.15) is 5.56 Å². The lowest BCUT2D eigenvalue weighted by Crippen LogP contribution is -1.96. The normalized spacial score (nSPS) is 10.8. The lowest BCUT2D eigenvalue weighted by atomic mass is 10.2. The molecular formula is C15H11Cl2NO. The van der Waals surface area contributed by atoms with Gasteiger partial charge in [-0.05, 0) is 30.3 Å². The zero-order valence-corrected chi connectivity index (χ0v) is 11.5. The van der Waals surface area contributed by atoms with Crippen LogP contribution in [0.25, 0.3) is 10.9 Å². The molecule has 0 saturated carbocycles. The highest BCUT2D eigenvalue weighted by atomic mass is 35.5. The van der Waals surface area contributed by atoms with Gasteiger partial charge in [0.2, 0.25) is 0 Å². The Balaban J connectivity index is 1.80. The van der Waals surface area contributed by atoms with E-state index < -0.39 is 0 Å². The van der Waals surface area contributed by atoms with E-state index in [4.69, 9.17) is 27.9 Å². The van der Waals surface area contributed by atoms with Crippen molar-refractivity contribution in [2.75, 3.05) is 0 Å². The first-order valence-electron chi connectivity index (χ1n) is 5.87. The molecule has 0 radical (unpaired) electrons. The van der Waals surface area contributed by atoms with E-state index in [-0.39, 0.29) is 0 Å². The molecule has 0 spiro atoms. The minimum Gasteiger partial charge on any atom is -0.489 e. The molecule has 0 unspecified atom stereocenters. The topological polar surface area (TPSA) is 25.0 Å². The average Bonchev–Trinajstić information content (AvgIpc) is 2.88. The smallest absolute Gasteiger partial charge is 0.120 e. The van der Waals surface area contributed by atoms with Crippen LogP contribution in [0, 0.1) is 0 Å². The first kappa shape index (κ1) is 12.4. The molecule has 0 atom stereocenters. The molecule has 2 nitrogen and oxygen atoms in total. The molecule has 0 bridgehead atoms. The monoisotopic (exact) mass is 291 g/mol. The van der Waals surface area contributed by atoms with Crippen molar-refractivity contribution in [1.82, 2.24) is 4.98 Å². The second kappa shape index (κ2) is 5.16. The maximum atomic E-state index is 6.12. The van der Waals surface area contributed by atoms with Crippen LogP contribution in [0.2, 0.25) is 10.0 Å². The van der Waals surface area contributed by atoms with E-state index in [1.165, 1.54) is 0 Å². The van der Waals surface area contributed by atoms with Crippen LogP contribution < -0.4 is 4.74 Å². The summed E-state index contributed by atoms with van der Waals surface area (Å²) in [5.74, 6) is 0.808. The number of aromatic nitrogens is 1. The molecule has 3 aromatic rings. The fourth-order valence-electron chi connectivity index (χ4n) is 1.94. The molecule has 3 rings (SSSR count). The van der Waals surface area contributed by atoms with E-state index in [9.17, 15) is 0 Å². The second-order valence-electron chi connectivity index (χ2n) is 4.23. The summed E-state index contributed by atoms with van der Waals surface area (Å²) in [6, 6.07) is 13.4. The van der Waals surface area contributed by atoms with Crippen molar-refractivity contribution in [3.05, 3.63) is 64.3 Å². The Kier molecular flexibility index (Phi) is 3.36. The molecule has 0 saturated heterocycles. The average molecular weight is 292 g/mol. The number of benzene rings is 2. The number of rotatable bonds is 3. The Hall–Kier alpha value is -1.64. The number of H-pyrrole nitrogens is 1. The Morgan fingerprint density at radius 3 is 2.84 bits per heavy atom. The molecule has 1 N–H and O–H groups in total. The van der Waals surface area contributed by atoms with Gasteiger partial charge in [0.25, 0.3) is 0 Å². The number of aromatic amines is 1. The molecule has 0 aliphatic rings. The van der Waals surface area contributed by atoms with E-state index in [2.05, 4.69) is 4.98 Å². The molecule has 19 heavy (non-hydrogen) atoms. The number of hydrogen-bond donors (Lipinski definition) is 1. The molecule has 0 amide bonds. The number of halogens is 2. The molecule has 0 aliphatic heterocycles. The fraction of sp³-hybridized carbons (Fsp3) is 0.0667. The quantitative estimate of drug-likeness (QED) is 0.717. The Morgan fingerprint density at radius 1 is 1.05 bits per heavy atom. The second-order valence-corrected chi connectivity index (χ2v) is 5.01. The van der Waals surface area contributed by atoms with Gasteiger partial charge >= 0.3 is 0 Å². The predicted molar refractivity (Wildman–Crippen MR) is 79.1 cm³/mol. The van der Waals surface area contributed by atoms with Gasteiger partial charge in [0.1, 0.15) is 12.4 Å². The van der Waals surface area contributed by atoms with Crippen molar-refractivity contribution >= 4 is 34.1 Å². The van der Waals surface area contributed by atoms with Gasteiger partial charge in [-0.3, -0.25) is 0 Å². The number of ether oxygens (including phenoxy) is 1. The first-order valence-corrected chi connectivity index (χ1v) is 6.62. The van der Waals surface area contributed by atoms with Crippen LogP contribution in [-0.4, -0.2) is 4.98 Å². The fourth-order valence-corrected chi connectivity index (χ4v) is 2.32. The minimum absolute atomic E-state index is 0.398. The third-order valence-electron chi connectivity index (χ3n) is 2.95. The summed E-state index contributed by atoms with van der Waals surface area (Å²) in [5, 5.41) is 2.21. The third-order valence-corrected chi connectivity index (χ3v) is 3.81. The molecular weight excluding hydrogens is 281 g/mol. The van der Waals surface area contributed by atoms with Crippen molar-refractivity contribution in [2.24, 2.45) is 0 Å². The van der Waals surface area contributed by atoms with Gasteiger partial charge in [-0.15, -0.1) is 0 Å². The van der Waals surface area contributed by atoms with Crippen molar-refractivity contribution in [1.29, 1.82) is 0 Å². The zero-order chi connectivity index (χ0) is 13.2. The Labute approximate surface area is 120 Å². The summed E-state index contributed by atoms with van der Waals surface area (Å²) in [5.41, 5.74) is 1.97. The highest BCUT2D eigenvalue weighted by Gasteiger charge is 2.05. The van der Waals surface area contributed by atoms with Gasteiger partial charge in [0.05, 0.1) is 10.0 Å². The summed E-state index contributed by atoms with van der Waals surface area (Å²) in [7, 11) is 0. The van der Waals surface area contributed by atoms with Gasteiger partial charge in [-0.25, -0.2) is 0 Å². The zero-order valence-electron chi connectivity index (χ0n) is 9.99. The SMILES string of the molecule is Clc1cccc(COc2ccc3[nH]ccc3c2)c1Cl. The largest absolute Gasteiger partial charge is 0.489 e. The Morgan fingerprint density at radius 2 is 1.95 bits per heavy atom. The molecule has 0 aliphatic carbocycles. The summed E-state index contributed by atoms with van der Waals surface area (Å²) >= 11 is 12.1. The summed E-state index contributed by atoms with van der Waals surface area (Å²) in [4.78, 5) is 3.14. The molecule has 1 aromatic heterocycles. The van der Waals surface area contributed by atoms with E-state index in [1.54, 1.807) is 6.07 Å². The van der Waals surface area contributed by atoms with Crippen LogP contribution in [0.15, 0.2) is 48.7 Å². The predicted octanol–water partition coefficient (Wildman–Crippen LogP) is 5.05. The van der Waals surface area contributed by atoms with Crippen molar-refractivity contribution < 1.29 is 4.74 Å². The summed E-state index contributed by atoms with van der Waals surface area (Å²) in [6.45, 7) is 0.398. The van der Waals surface area contributed by atoms with Gasteiger partial charge in [0, 0.05) is 22.7 Å². The molecule has 96 valence electrons. The van der Waals surface area contributed by atoms with E-state index in [0.717, 1.165) is 22.2 Å². The molecule has 2 aromatic carbocycles. The highest BCUT2D eigenvalue weighted by molar-refractivity contribution is 6.42. The van der Waals surface area contributed by atoms with E-state index in [1.807, 2.05) is 42.6 Å². The standard InChI is InChI=1S/C15H11Cl2NO/c16-13-3-1-2-11(15(13)17)9-19-12-4-5-14-10(8-12)6-7-18-14/h1-8,18H,9H2. The number of fused-ring (bicyclic) bond motifs is 1. The maximum Gasteiger partial charge on any atom is 0.120 e. The van der Waals surface area contributed by atoms with Crippen LogP contribution in [0.3, 0.4) is 0 Å². The summed E-state index contributed by atoms with van der Waals surface area (Å²) in [6.07, 6.45) is 1.91. The number of nitrogens with one attached hydrogen (secondary N) is 1. The summed E-state index contributed by atoms with van der Waals surface area (Å²) < 4.78 is 5.75. The van der Waals surface area contributed by atoms with Gasteiger partial charge in [-0.2, -0.15) is 0 Å². The molecule has 1 heterocycles. The molecule has 4 heteroatoms. The first-order chi connectivity index (χ1) is 9.24. The van der Waals surface area contributed by atoms with Gasteiger partial charge in [-0.1, -0.05) is 35.3 Å². The van der Waals surface area contributed by atoms with Crippen molar-refractivity contribution in [3.63, 3.8) is 0 Å². The van der Waals surface area contributed by atoms with Gasteiger partial charge < -0.3 is 9.72 Å². The Bertz CT molecular complexity index is 721. The van der Waals surface area contributed by atoms with Crippen LogP contribution >= 0.6 is 23.2 Å². The van der Waals surface area contributed by atoms with Crippen molar-refractivity contribution in [3.8, 4) is 5.75 Å². The highest BCUT2D eigenvalue weighted by Crippen LogP contribution is 2.27. The number of hydrogen-bond acceptors (Lipinski definition) is 1. The maximum absolute atomic E-state index is 6.12. The minimum atomic E-state index is 0.398.